The molecule has 0 aromatic rings. The molecule has 1 heterocycles. The molecule has 19 heavy (non-hydrogen) atoms. The van der Waals surface area contributed by atoms with E-state index in [1.54, 1.807) is 0 Å². The van der Waals surface area contributed by atoms with E-state index < -0.39 is 0 Å². The molecule has 0 radical (unpaired) electrons. The number of carbonyl (C=O) groups excluding carboxylic acids is 1. The van der Waals surface area contributed by atoms with Crippen molar-refractivity contribution in [2.45, 2.75) is 52.2 Å². The Labute approximate surface area is 116 Å². The Hall–Kier alpha value is -0.610. The zero-order valence-corrected chi connectivity index (χ0v) is 12.5. The molecule has 2 fully saturated rings. The number of hydrogen-bond donors (Lipinski definition) is 1. The maximum absolute atomic E-state index is 12.1. The molecular weight excluding hydrogens is 240 g/mol. The van der Waals surface area contributed by atoms with Crippen LogP contribution in [0, 0.1) is 11.8 Å². The van der Waals surface area contributed by atoms with E-state index in [-0.39, 0.29) is 12.0 Å². The Kier molecular flexibility index (Phi) is 5.22. The molecule has 1 amide bonds. The third-order valence-corrected chi connectivity index (χ3v) is 4.75. The Balaban J connectivity index is 1.77. The van der Waals surface area contributed by atoms with Gasteiger partial charge in [0, 0.05) is 19.1 Å². The van der Waals surface area contributed by atoms with Gasteiger partial charge >= 0.3 is 0 Å². The van der Waals surface area contributed by atoms with E-state index in [0.29, 0.717) is 18.5 Å². The van der Waals surface area contributed by atoms with Gasteiger partial charge in [0.1, 0.15) is 0 Å². The molecule has 4 heteroatoms. The number of ether oxygens (including phenoxy) is 1. The van der Waals surface area contributed by atoms with Gasteiger partial charge in [-0.25, -0.2) is 0 Å². The minimum atomic E-state index is 0.181. The second kappa shape index (κ2) is 6.71. The van der Waals surface area contributed by atoms with Crippen LogP contribution in [0.25, 0.3) is 0 Å². The van der Waals surface area contributed by atoms with Crippen LogP contribution in [0.2, 0.25) is 0 Å². The summed E-state index contributed by atoms with van der Waals surface area (Å²) >= 11 is 0. The molecule has 0 aromatic carbocycles. The molecule has 0 spiro atoms. The quantitative estimate of drug-likeness (QED) is 0.846. The van der Waals surface area contributed by atoms with Crippen LogP contribution in [0.1, 0.15) is 40.0 Å². The molecule has 1 N–H and O–H groups in total. The van der Waals surface area contributed by atoms with E-state index in [4.69, 9.17) is 4.74 Å². The third kappa shape index (κ3) is 4.18. The van der Waals surface area contributed by atoms with Gasteiger partial charge in [0.2, 0.25) is 5.91 Å². The SMILES string of the molecule is CC1CN(CC(=O)NC2CCCC(C)C2C)CCO1. The summed E-state index contributed by atoms with van der Waals surface area (Å²) in [4.78, 5) is 14.3. The maximum atomic E-state index is 12.1. The predicted octanol–water partition coefficient (Wildman–Crippen LogP) is 1.65. The zero-order chi connectivity index (χ0) is 13.8. The monoisotopic (exact) mass is 268 g/mol. The average molecular weight is 268 g/mol. The van der Waals surface area contributed by atoms with Gasteiger partial charge in [-0.1, -0.05) is 26.7 Å². The molecule has 2 aliphatic rings. The summed E-state index contributed by atoms with van der Waals surface area (Å²) in [5, 5.41) is 3.24. The van der Waals surface area contributed by atoms with Crippen molar-refractivity contribution in [2.24, 2.45) is 11.8 Å². The maximum Gasteiger partial charge on any atom is 0.234 e. The van der Waals surface area contributed by atoms with Crippen molar-refractivity contribution >= 4 is 5.91 Å². The van der Waals surface area contributed by atoms with Gasteiger partial charge < -0.3 is 10.1 Å². The van der Waals surface area contributed by atoms with Crippen LogP contribution in [0.4, 0.5) is 0 Å². The molecule has 1 saturated heterocycles. The lowest BCUT2D eigenvalue weighted by atomic mass is 9.78. The molecule has 1 saturated carbocycles. The summed E-state index contributed by atoms with van der Waals surface area (Å²) in [7, 11) is 0. The Morgan fingerprint density at radius 3 is 2.84 bits per heavy atom. The first-order chi connectivity index (χ1) is 9.06. The second-order valence-corrected chi connectivity index (χ2v) is 6.36. The number of nitrogens with zero attached hydrogens (tertiary/aromatic N) is 1. The van der Waals surface area contributed by atoms with Crippen molar-refractivity contribution in [1.29, 1.82) is 0 Å². The van der Waals surface area contributed by atoms with Crippen LogP contribution in [0.5, 0.6) is 0 Å². The van der Waals surface area contributed by atoms with E-state index >= 15 is 0 Å². The normalized spacial score (nSPS) is 37.0. The molecule has 4 atom stereocenters. The highest BCUT2D eigenvalue weighted by Gasteiger charge is 2.28. The average Bonchev–Trinajstić information content (AvgIpc) is 2.35. The van der Waals surface area contributed by atoms with Gasteiger partial charge in [0.15, 0.2) is 0 Å². The van der Waals surface area contributed by atoms with Crippen molar-refractivity contribution < 1.29 is 9.53 Å². The van der Waals surface area contributed by atoms with Gasteiger partial charge in [-0.15, -0.1) is 0 Å². The van der Waals surface area contributed by atoms with Crippen LogP contribution in [-0.4, -0.2) is 49.2 Å². The van der Waals surface area contributed by atoms with Crippen molar-refractivity contribution in [3.63, 3.8) is 0 Å². The van der Waals surface area contributed by atoms with Crippen LogP contribution < -0.4 is 5.32 Å². The molecule has 2 rings (SSSR count). The number of rotatable bonds is 3. The number of hydrogen-bond acceptors (Lipinski definition) is 3. The molecular formula is C15H28N2O2. The Morgan fingerprint density at radius 2 is 2.11 bits per heavy atom. The van der Waals surface area contributed by atoms with E-state index in [2.05, 4.69) is 31.0 Å². The van der Waals surface area contributed by atoms with Crippen molar-refractivity contribution in [1.82, 2.24) is 10.2 Å². The molecule has 0 aromatic heterocycles. The summed E-state index contributed by atoms with van der Waals surface area (Å²) in [5.74, 6) is 1.50. The van der Waals surface area contributed by atoms with Gasteiger partial charge in [-0.3, -0.25) is 9.69 Å². The summed E-state index contributed by atoms with van der Waals surface area (Å²) in [6.45, 7) is 9.63. The lowest BCUT2D eigenvalue weighted by Crippen LogP contribution is -2.50. The topological polar surface area (TPSA) is 41.6 Å². The highest BCUT2D eigenvalue weighted by Crippen LogP contribution is 2.29. The van der Waals surface area contributed by atoms with Gasteiger partial charge in [0.25, 0.3) is 0 Å². The van der Waals surface area contributed by atoms with Crippen LogP contribution in [0.15, 0.2) is 0 Å². The van der Waals surface area contributed by atoms with E-state index in [9.17, 15) is 4.79 Å². The lowest BCUT2D eigenvalue weighted by molar-refractivity contribution is -0.125. The molecule has 4 unspecified atom stereocenters. The fourth-order valence-electron chi connectivity index (χ4n) is 3.28. The largest absolute Gasteiger partial charge is 0.376 e. The highest BCUT2D eigenvalue weighted by molar-refractivity contribution is 5.78. The molecule has 1 aliphatic heterocycles. The van der Waals surface area contributed by atoms with Gasteiger partial charge in [-0.05, 0) is 25.2 Å². The van der Waals surface area contributed by atoms with E-state index in [1.165, 1.54) is 12.8 Å². The van der Waals surface area contributed by atoms with Gasteiger partial charge in [-0.2, -0.15) is 0 Å². The number of carbonyl (C=O) groups is 1. The highest BCUT2D eigenvalue weighted by atomic mass is 16.5. The van der Waals surface area contributed by atoms with Crippen LogP contribution in [0.3, 0.4) is 0 Å². The summed E-state index contributed by atoms with van der Waals surface area (Å²) in [5.41, 5.74) is 0. The first kappa shape index (κ1) is 14.8. The Bertz CT molecular complexity index is 309. The summed E-state index contributed by atoms with van der Waals surface area (Å²) < 4.78 is 5.50. The van der Waals surface area contributed by atoms with Crippen molar-refractivity contribution in [2.75, 3.05) is 26.2 Å². The van der Waals surface area contributed by atoms with Crippen LogP contribution >= 0.6 is 0 Å². The fraction of sp³-hybridized carbons (Fsp3) is 0.933. The van der Waals surface area contributed by atoms with E-state index in [1.807, 2.05) is 0 Å². The van der Waals surface area contributed by atoms with E-state index in [0.717, 1.165) is 32.0 Å². The zero-order valence-electron chi connectivity index (χ0n) is 12.5. The number of nitrogens with one attached hydrogen (secondary N) is 1. The smallest absolute Gasteiger partial charge is 0.234 e. The minimum absolute atomic E-state index is 0.181. The first-order valence-corrected chi connectivity index (χ1v) is 7.69. The third-order valence-electron chi connectivity index (χ3n) is 4.75. The standard InChI is InChI=1S/C15H28N2O2/c1-11-5-4-6-14(13(11)3)16-15(18)10-17-7-8-19-12(2)9-17/h11-14H,4-10H2,1-3H3,(H,16,18). The molecule has 110 valence electrons. The first-order valence-electron chi connectivity index (χ1n) is 7.69. The number of morpholine rings is 1. The summed E-state index contributed by atoms with van der Waals surface area (Å²) in [6.07, 6.45) is 3.92. The minimum Gasteiger partial charge on any atom is -0.376 e. The van der Waals surface area contributed by atoms with Gasteiger partial charge in [0.05, 0.1) is 19.3 Å². The molecule has 1 aliphatic carbocycles. The lowest BCUT2D eigenvalue weighted by Gasteiger charge is -2.36. The number of amides is 1. The fourth-order valence-corrected chi connectivity index (χ4v) is 3.28. The summed E-state index contributed by atoms with van der Waals surface area (Å²) in [6, 6.07) is 0.370. The van der Waals surface area contributed by atoms with Crippen molar-refractivity contribution in [3.05, 3.63) is 0 Å². The Morgan fingerprint density at radius 1 is 1.32 bits per heavy atom. The van der Waals surface area contributed by atoms with Crippen LogP contribution in [-0.2, 0) is 9.53 Å². The molecule has 0 bridgehead atoms. The van der Waals surface area contributed by atoms with Crippen molar-refractivity contribution in [3.8, 4) is 0 Å². The molecule has 4 nitrogen and oxygen atoms in total. The second-order valence-electron chi connectivity index (χ2n) is 6.36. The predicted molar refractivity (Wildman–Crippen MR) is 76.0 cm³/mol.